The molecule has 0 radical (unpaired) electrons. The summed E-state index contributed by atoms with van der Waals surface area (Å²) in [6, 6.07) is 14.7. The lowest BCUT2D eigenvalue weighted by atomic mass is 10.2. The summed E-state index contributed by atoms with van der Waals surface area (Å²) in [5.41, 5.74) is 0.0484. The average molecular weight is 460 g/mol. The van der Waals surface area contributed by atoms with Gasteiger partial charge in [-0.15, -0.1) is 0 Å². The molecule has 4 rings (SSSR count). The predicted molar refractivity (Wildman–Crippen MR) is 116 cm³/mol. The van der Waals surface area contributed by atoms with Gasteiger partial charge >= 0.3 is 6.18 Å². The van der Waals surface area contributed by atoms with Crippen molar-refractivity contribution in [1.82, 2.24) is 14.7 Å². The van der Waals surface area contributed by atoms with Crippen LogP contribution in [0.4, 0.5) is 18.9 Å². The lowest BCUT2D eigenvalue weighted by Crippen LogP contribution is -2.49. The molecule has 1 aliphatic rings. The number of aromatic nitrogens is 2. The maximum Gasteiger partial charge on any atom is 0.435 e. The van der Waals surface area contributed by atoms with Crippen LogP contribution in [0, 0.1) is 0 Å². The number of alkyl halides is 3. The Bertz CT molecular complexity index is 1100. The van der Waals surface area contributed by atoms with Crippen molar-refractivity contribution in [2.24, 2.45) is 0 Å². The first-order chi connectivity index (χ1) is 15.8. The first-order valence-electron chi connectivity index (χ1n) is 10.3. The van der Waals surface area contributed by atoms with Gasteiger partial charge in [0.05, 0.1) is 19.9 Å². The number of halogens is 3. The normalized spacial score (nSPS) is 14.3. The van der Waals surface area contributed by atoms with Crippen LogP contribution >= 0.6 is 0 Å². The number of carbonyl (C=O) groups is 1. The van der Waals surface area contributed by atoms with Crippen LogP contribution in [0.3, 0.4) is 0 Å². The van der Waals surface area contributed by atoms with E-state index in [1.165, 1.54) is 0 Å². The van der Waals surface area contributed by atoms with Crippen LogP contribution in [0.2, 0.25) is 0 Å². The summed E-state index contributed by atoms with van der Waals surface area (Å²) in [4.78, 5) is 16.8. The number of nitrogens with zero attached hydrogens (tertiary/aromatic N) is 4. The van der Waals surface area contributed by atoms with Gasteiger partial charge in [-0.3, -0.25) is 4.79 Å². The van der Waals surface area contributed by atoms with E-state index in [0.29, 0.717) is 43.4 Å². The fraction of sp³-hybridized carbons (Fsp3) is 0.304. The maximum atomic E-state index is 13.3. The lowest BCUT2D eigenvalue weighted by molar-refractivity contribution is -0.141. The van der Waals surface area contributed by atoms with Crippen LogP contribution < -0.4 is 14.4 Å². The molecule has 174 valence electrons. The standard InChI is InChI=1S/C23H23F3N4O3/c1-32-18-12-17(13-19(14-18)33-2)28-8-10-29(11-9-28)22(31)20-15-21(23(24,25)26)27-30(20)16-6-4-3-5-7-16/h3-7,12-15H,8-11H2,1-2H3. The van der Waals surface area contributed by atoms with Crippen LogP contribution in [0.5, 0.6) is 11.5 Å². The number of methoxy groups -OCH3 is 2. The molecule has 2 aromatic carbocycles. The second kappa shape index (κ2) is 9.05. The van der Waals surface area contributed by atoms with Gasteiger partial charge in [-0.2, -0.15) is 18.3 Å². The van der Waals surface area contributed by atoms with Crippen molar-refractivity contribution < 1.29 is 27.4 Å². The van der Waals surface area contributed by atoms with E-state index >= 15 is 0 Å². The lowest BCUT2D eigenvalue weighted by Gasteiger charge is -2.36. The fourth-order valence-corrected chi connectivity index (χ4v) is 3.74. The van der Waals surface area contributed by atoms with Crippen LogP contribution in [0.25, 0.3) is 5.69 Å². The molecule has 10 heteroatoms. The Hall–Kier alpha value is -3.69. The monoisotopic (exact) mass is 460 g/mol. The van der Waals surface area contributed by atoms with Crippen molar-refractivity contribution in [3.63, 3.8) is 0 Å². The predicted octanol–water partition coefficient (Wildman–Crippen LogP) is 3.87. The van der Waals surface area contributed by atoms with E-state index in [9.17, 15) is 18.0 Å². The fourth-order valence-electron chi connectivity index (χ4n) is 3.74. The van der Waals surface area contributed by atoms with E-state index in [4.69, 9.17) is 9.47 Å². The van der Waals surface area contributed by atoms with Crippen molar-refractivity contribution in [3.8, 4) is 17.2 Å². The van der Waals surface area contributed by atoms with Gasteiger partial charge in [0.1, 0.15) is 17.2 Å². The highest BCUT2D eigenvalue weighted by Gasteiger charge is 2.37. The zero-order valence-corrected chi connectivity index (χ0v) is 18.2. The van der Waals surface area contributed by atoms with Crippen molar-refractivity contribution in [2.45, 2.75) is 6.18 Å². The van der Waals surface area contributed by atoms with E-state index in [1.54, 1.807) is 55.5 Å². The Morgan fingerprint density at radius 1 is 0.879 bits per heavy atom. The summed E-state index contributed by atoms with van der Waals surface area (Å²) in [7, 11) is 3.14. The van der Waals surface area contributed by atoms with Crippen molar-refractivity contribution in [3.05, 3.63) is 66.0 Å². The number of rotatable bonds is 5. The molecule has 7 nitrogen and oxygen atoms in total. The first kappa shape index (κ1) is 22.5. The quantitative estimate of drug-likeness (QED) is 0.579. The molecular formula is C23H23F3N4O3. The molecule has 0 atom stereocenters. The Morgan fingerprint density at radius 3 is 2.03 bits per heavy atom. The Labute approximate surface area is 188 Å². The summed E-state index contributed by atoms with van der Waals surface area (Å²) < 4.78 is 51.7. The number of carbonyl (C=O) groups excluding carboxylic acids is 1. The van der Waals surface area contributed by atoms with Crippen molar-refractivity contribution >= 4 is 11.6 Å². The highest BCUT2D eigenvalue weighted by atomic mass is 19.4. The minimum atomic E-state index is -4.65. The molecule has 33 heavy (non-hydrogen) atoms. The van der Waals surface area contributed by atoms with Gasteiger partial charge < -0.3 is 19.3 Å². The van der Waals surface area contributed by atoms with Crippen LogP contribution in [-0.2, 0) is 6.18 Å². The minimum Gasteiger partial charge on any atom is -0.497 e. The largest absolute Gasteiger partial charge is 0.497 e. The summed E-state index contributed by atoms with van der Waals surface area (Å²) in [6.45, 7) is 1.71. The molecular weight excluding hydrogens is 437 g/mol. The molecule has 2 heterocycles. The molecule has 1 saturated heterocycles. The van der Waals surface area contributed by atoms with E-state index in [1.807, 2.05) is 12.1 Å². The van der Waals surface area contributed by atoms with Gasteiger partial charge in [0.2, 0.25) is 0 Å². The van der Waals surface area contributed by atoms with E-state index in [0.717, 1.165) is 16.4 Å². The molecule has 0 unspecified atom stereocenters. The third kappa shape index (κ3) is 4.74. The zero-order chi connectivity index (χ0) is 23.6. The summed E-state index contributed by atoms with van der Waals surface area (Å²) in [5, 5.41) is 3.67. The number of benzene rings is 2. The highest BCUT2D eigenvalue weighted by Crippen LogP contribution is 2.31. The smallest absolute Gasteiger partial charge is 0.435 e. The number of ether oxygens (including phenoxy) is 2. The van der Waals surface area contributed by atoms with Gasteiger partial charge in [0.25, 0.3) is 5.91 Å². The molecule has 0 N–H and O–H groups in total. The Kier molecular flexibility index (Phi) is 6.17. The molecule has 1 fully saturated rings. The molecule has 0 aliphatic carbocycles. The molecule has 1 amide bonds. The van der Waals surface area contributed by atoms with E-state index < -0.39 is 17.8 Å². The average Bonchev–Trinajstić information content (AvgIpc) is 3.30. The van der Waals surface area contributed by atoms with Crippen molar-refractivity contribution in [2.75, 3.05) is 45.3 Å². The molecule has 0 bridgehead atoms. The van der Waals surface area contributed by atoms with Gasteiger partial charge in [0.15, 0.2) is 5.69 Å². The van der Waals surface area contributed by atoms with E-state index in [-0.39, 0.29) is 5.69 Å². The third-order valence-electron chi connectivity index (χ3n) is 5.49. The SMILES string of the molecule is COc1cc(OC)cc(N2CCN(C(=O)c3cc(C(F)(F)F)nn3-c3ccccc3)CC2)c1. The van der Waals surface area contributed by atoms with E-state index in [2.05, 4.69) is 10.00 Å². The number of para-hydroxylation sites is 1. The summed E-state index contributed by atoms with van der Waals surface area (Å²) in [6.07, 6.45) is -4.65. The second-order valence-corrected chi connectivity index (χ2v) is 7.51. The summed E-state index contributed by atoms with van der Waals surface area (Å²) in [5.74, 6) is 0.799. The molecule has 3 aromatic rings. The maximum absolute atomic E-state index is 13.3. The molecule has 1 aliphatic heterocycles. The number of hydrogen-bond acceptors (Lipinski definition) is 5. The zero-order valence-electron chi connectivity index (χ0n) is 18.2. The number of hydrogen-bond donors (Lipinski definition) is 0. The van der Waals surface area contributed by atoms with Crippen LogP contribution in [0.15, 0.2) is 54.6 Å². The Balaban J connectivity index is 1.55. The topological polar surface area (TPSA) is 59.8 Å². The second-order valence-electron chi connectivity index (χ2n) is 7.51. The van der Waals surface area contributed by atoms with Crippen LogP contribution in [-0.4, -0.2) is 61.0 Å². The van der Waals surface area contributed by atoms with Gasteiger partial charge in [-0.25, -0.2) is 4.68 Å². The van der Waals surface area contributed by atoms with Crippen LogP contribution in [0.1, 0.15) is 16.2 Å². The van der Waals surface area contributed by atoms with Gasteiger partial charge in [-0.1, -0.05) is 18.2 Å². The number of amides is 1. The van der Waals surface area contributed by atoms with Gasteiger partial charge in [0, 0.05) is 56.1 Å². The van der Waals surface area contributed by atoms with Gasteiger partial charge in [-0.05, 0) is 12.1 Å². The number of anilines is 1. The molecule has 0 spiro atoms. The number of piperazine rings is 1. The summed E-state index contributed by atoms with van der Waals surface area (Å²) >= 11 is 0. The minimum absolute atomic E-state index is 0.120. The molecule has 0 saturated carbocycles. The highest BCUT2D eigenvalue weighted by molar-refractivity contribution is 5.93. The molecule has 1 aromatic heterocycles. The first-order valence-corrected chi connectivity index (χ1v) is 10.3. The van der Waals surface area contributed by atoms with Crippen molar-refractivity contribution in [1.29, 1.82) is 0 Å². The third-order valence-corrected chi connectivity index (χ3v) is 5.49. The Morgan fingerprint density at radius 2 is 1.48 bits per heavy atom.